The van der Waals surface area contributed by atoms with Crippen molar-refractivity contribution >= 4 is 0 Å². The minimum atomic E-state index is 0. The van der Waals surface area contributed by atoms with Gasteiger partial charge in [-0.15, -0.1) is 0 Å². The van der Waals surface area contributed by atoms with Gasteiger partial charge in [-0.3, -0.25) is 0 Å². The summed E-state index contributed by atoms with van der Waals surface area (Å²) in [4.78, 5) is 0. The van der Waals surface area contributed by atoms with Crippen molar-refractivity contribution in [1.29, 1.82) is 0 Å². The standard InChI is InChI=1S/4C2H6N.Ti/c4*1-2-3;/h4*3H,2H2,1H3;/q4*-1;+4. The molecular formula is C8H24N4Ti. The first-order valence-corrected chi connectivity index (χ1v) is 4.24. The van der Waals surface area contributed by atoms with E-state index in [1.54, 1.807) is 27.7 Å². The van der Waals surface area contributed by atoms with Gasteiger partial charge in [0.2, 0.25) is 0 Å². The van der Waals surface area contributed by atoms with E-state index in [4.69, 9.17) is 22.9 Å². The molecule has 0 fully saturated rings. The topological polar surface area (TPSA) is 95.2 Å². The Morgan fingerprint density at radius 2 is 0.538 bits per heavy atom. The van der Waals surface area contributed by atoms with Gasteiger partial charge in [-0.2, -0.15) is 26.2 Å². The largest absolute Gasteiger partial charge is 4.00 e. The zero-order chi connectivity index (χ0) is 10.8. The van der Waals surface area contributed by atoms with Gasteiger partial charge in [0.05, 0.1) is 0 Å². The average Bonchev–Trinajstić information content (AvgIpc) is 1.92. The normalized spacial score (nSPS) is 5.54. The van der Waals surface area contributed by atoms with Crippen molar-refractivity contribution in [3.8, 4) is 0 Å². The van der Waals surface area contributed by atoms with Gasteiger partial charge < -0.3 is 22.9 Å². The van der Waals surface area contributed by atoms with Crippen LogP contribution in [0.1, 0.15) is 27.7 Å². The summed E-state index contributed by atoms with van der Waals surface area (Å²) in [7, 11) is 0. The van der Waals surface area contributed by atoms with Crippen molar-refractivity contribution in [2.75, 3.05) is 26.2 Å². The molecule has 0 amide bonds. The first-order valence-electron chi connectivity index (χ1n) is 4.24. The van der Waals surface area contributed by atoms with Crippen LogP contribution >= 0.6 is 0 Å². The minimum Gasteiger partial charge on any atom is -0.678 e. The summed E-state index contributed by atoms with van der Waals surface area (Å²) in [5.41, 5.74) is 24.8. The van der Waals surface area contributed by atoms with Gasteiger partial charge in [-0.1, -0.05) is 27.7 Å². The van der Waals surface area contributed by atoms with Gasteiger partial charge in [0.15, 0.2) is 0 Å². The summed E-state index contributed by atoms with van der Waals surface area (Å²) in [6.45, 7) is 9.17. The molecule has 0 heterocycles. The van der Waals surface area contributed by atoms with Gasteiger partial charge in [0, 0.05) is 0 Å². The van der Waals surface area contributed by atoms with Crippen LogP contribution in [0.5, 0.6) is 0 Å². The van der Waals surface area contributed by atoms with Crippen molar-refractivity contribution < 1.29 is 21.7 Å². The first kappa shape index (κ1) is 29.2. The molecule has 13 heavy (non-hydrogen) atoms. The Morgan fingerprint density at radius 3 is 0.538 bits per heavy atom. The van der Waals surface area contributed by atoms with E-state index in [-0.39, 0.29) is 21.7 Å². The Kier molecular flexibility index (Phi) is 181. The third-order valence-corrected chi connectivity index (χ3v) is 0. The summed E-state index contributed by atoms with van der Waals surface area (Å²) >= 11 is 0. The zero-order valence-electron chi connectivity index (χ0n) is 9.33. The van der Waals surface area contributed by atoms with Crippen LogP contribution in [-0.4, -0.2) is 26.2 Å². The van der Waals surface area contributed by atoms with Crippen LogP contribution in [0.15, 0.2) is 0 Å². The average molecular weight is 224 g/mol. The Morgan fingerprint density at radius 1 is 0.538 bits per heavy atom. The van der Waals surface area contributed by atoms with Crippen molar-refractivity contribution in [3.05, 3.63) is 22.9 Å². The Bertz CT molecular complexity index is 24.1. The van der Waals surface area contributed by atoms with Crippen molar-refractivity contribution in [2.24, 2.45) is 0 Å². The van der Waals surface area contributed by atoms with Crippen molar-refractivity contribution in [3.63, 3.8) is 0 Å². The van der Waals surface area contributed by atoms with Crippen LogP contribution in [0, 0.1) is 0 Å². The Balaban J connectivity index is -0.0000000213. The van der Waals surface area contributed by atoms with E-state index in [9.17, 15) is 0 Å². The summed E-state index contributed by atoms with van der Waals surface area (Å²) in [5, 5.41) is 0. The van der Waals surface area contributed by atoms with Crippen LogP contribution in [0.2, 0.25) is 0 Å². The van der Waals surface area contributed by atoms with Crippen LogP contribution in [0.4, 0.5) is 0 Å². The molecule has 0 aromatic carbocycles. The van der Waals surface area contributed by atoms with Gasteiger partial charge >= 0.3 is 21.7 Å². The molecule has 0 aliphatic heterocycles. The Labute approximate surface area is 98.7 Å². The van der Waals surface area contributed by atoms with E-state index >= 15 is 0 Å². The molecule has 0 aliphatic rings. The zero-order valence-corrected chi connectivity index (χ0v) is 10.9. The third kappa shape index (κ3) is 4550. The molecule has 0 radical (unpaired) electrons. The minimum absolute atomic E-state index is 0. The third-order valence-electron chi connectivity index (χ3n) is 0. The molecule has 0 bridgehead atoms. The van der Waals surface area contributed by atoms with Gasteiger partial charge in [0.25, 0.3) is 0 Å². The maximum Gasteiger partial charge on any atom is 4.00 e. The molecule has 80 valence electrons. The molecule has 0 rings (SSSR count). The van der Waals surface area contributed by atoms with Crippen LogP contribution < -0.4 is 0 Å². The molecule has 0 unspecified atom stereocenters. The molecule has 0 saturated carbocycles. The van der Waals surface area contributed by atoms with Crippen molar-refractivity contribution in [2.45, 2.75) is 27.7 Å². The summed E-state index contributed by atoms with van der Waals surface area (Å²) < 4.78 is 0. The number of rotatable bonds is 0. The monoisotopic (exact) mass is 224 g/mol. The van der Waals surface area contributed by atoms with E-state index in [0.29, 0.717) is 26.2 Å². The molecule has 0 aromatic heterocycles. The van der Waals surface area contributed by atoms with Crippen molar-refractivity contribution in [1.82, 2.24) is 0 Å². The molecule has 4 N–H and O–H groups in total. The second kappa shape index (κ2) is 80.8. The van der Waals surface area contributed by atoms with Gasteiger partial charge in [-0.05, 0) is 0 Å². The molecule has 0 aromatic rings. The first-order chi connectivity index (χ1) is 5.66. The van der Waals surface area contributed by atoms with E-state index in [1.807, 2.05) is 0 Å². The molecular weight excluding hydrogens is 200 g/mol. The number of hydrogen-bond donors (Lipinski definition) is 0. The molecule has 0 atom stereocenters. The van der Waals surface area contributed by atoms with Crippen LogP contribution in [-0.2, 0) is 21.7 Å². The SMILES string of the molecule is CC[NH-].CC[NH-].CC[NH-].CC[NH-].[Ti+4]. The summed E-state index contributed by atoms with van der Waals surface area (Å²) in [6, 6.07) is 0. The van der Waals surface area contributed by atoms with Crippen LogP contribution in [0.3, 0.4) is 0 Å². The Hall–Kier alpha value is 0.554. The summed E-state index contributed by atoms with van der Waals surface area (Å²) in [5.74, 6) is 0. The predicted octanol–water partition coefficient (Wildman–Crippen LogP) is 4.23. The number of hydrogen-bond acceptors (Lipinski definition) is 0. The fourth-order valence-electron chi connectivity index (χ4n) is 0. The molecule has 0 spiro atoms. The number of nitrogens with one attached hydrogen (secondary N) is 4. The maximum absolute atomic E-state index is 6.21. The maximum atomic E-state index is 6.21. The quantitative estimate of drug-likeness (QED) is 0.550. The fraction of sp³-hybridized carbons (Fsp3) is 1.00. The summed E-state index contributed by atoms with van der Waals surface area (Å²) in [6.07, 6.45) is 0. The molecule has 0 saturated heterocycles. The van der Waals surface area contributed by atoms with Crippen LogP contribution in [0.25, 0.3) is 22.9 Å². The molecule has 0 aliphatic carbocycles. The van der Waals surface area contributed by atoms with E-state index in [0.717, 1.165) is 0 Å². The molecule has 5 heteroatoms. The fourth-order valence-corrected chi connectivity index (χ4v) is 0. The van der Waals surface area contributed by atoms with E-state index < -0.39 is 0 Å². The van der Waals surface area contributed by atoms with Gasteiger partial charge in [-0.25, -0.2) is 0 Å². The van der Waals surface area contributed by atoms with E-state index in [2.05, 4.69) is 0 Å². The van der Waals surface area contributed by atoms with Gasteiger partial charge in [0.1, 0.15) is 0 Å². The second-order valence-electron chi connectivity index (χ2n) is 1.41. The predicted molar refractivity (Wildman–Crippen MR) is 59.5 cm³/mol. The molecule has 4 nitrogen and oxygen atoms in total. The van der Waals surface area contributed by atoms with E-state index in [1.165, 1.54) is 0 Å². The second-order valence-corrected chi connectivity index (χ2v) is 1.41. The smallest absolute Gasteiger partial charge is 0.678 e.